The fourth-order valence-electron chi connectivity index (χ4n) is 3.53. The van der Waals surface area contributed by atoms with Gasteiger partial charge in [-0.2, -0.15) is 27.1 Å². The van der Waals surface area contributed by atoms with Crippen LogP contribution in [0.2, 0.25) is 0 Å². The van der Waals surface area contributed by atoms with Crippen LogP contribution >= 0.6 is 24.4 Å². The lowest BCUT2D eigenvalue weighted by atomic mass is 10.1. The van der Waals surface area contributed by atoms with Crippen LogP contribution in [-0.2, 0) is 53.0 Å². The van der Waals surface area contributed by atoms with Crippen molar-refractivity contribution < 1.29 is 72.9 Å². The first-order valence-corrected chi connectivity index (χ1v) is 17.1. The quantitative estimate of drug-likeness (QED) is 0.0245. The average molecular weight is 734 g/mol. The second kappa shape index (κ2) is 15.0. The number of hydrogen-bond donors (Lipinski definition) is 6. The minimum Gasteiger partial charge on any atom is -0.505 e. The predicted octanol–water partition coefficient (Wildman–Crippen LogP) is 3.95. The third-order valence-corrected chi connectivity index (χ3v) is 9.74. The molecule has 3 rings (SSSR count). The summed E-state index contributed by atoms with van der Waals surface area (Å²) in [6, 6.07) is 4.38. The van der Waals surface area contributed by atoms with E-state index in [9.17, 15) is 39.5 Å². The molecule has 0 atom stereocenters. The van der Waals surface area contributed by atoms with Crippen LogP contribution in [0, 0.1) is 0 Å². The SMILES string of the molecule is CN=Nc1c(S(=O)(=O)O)cc2cc(SOOO)c(N=Nc3ccc(S(=O)(=O)CCOSOOO)cc3S(=O)(=O)O)c(N)c2c1O. The minimum atomic E-state index is -5.14. The van der Waals surface area contributed by atoms with Gasteiger partial charge in [-0.15, -0.1) is 18.9 Å². The molecule has 0 unspecified atom stereocenters. The summed E-state index contributed by atoms with van der Waals surface area (Å²) in [7, 11) is -13.2. The van der Waals surface area contributed by atoms with Gasteiger partial charge in [-0.1, -0.05) is 10.1 Å². The maximum atomic E-state index is 12.6. The van der Waals surface area contributed by atoms with Gasteiger partial charge in [0.2, 0.25) is 0 Å². The standard InChI is InChI=1S/C19H19N5O16S5/c1-21-23-18-14(45(33,34)35)7-9-6-12(41-39-37-26)17(16(20)15(9)19(18)25)24-22-11-3-2-10(8-13(11)44(30,31)32)43(28,29)5-4-36-42-40-38-27/h2-3,6-8,25-27H,4-5,20H2,1H3,(H,30,31,32)(H,33,34,35). The largest absolute Gasteiger partial charge is 0.505 e. The molecule has 246 valence electrons. The normalized spacial score (nSPS) is 13.0. The molecule has 0 aliphatic heterocycles. The maximum Gasteiger partial charge on any atom is 0.296 e. The molecule has 0 aromatic heterocycles. The Morgan fingerprint density at radius 1 is 0.867 bits per heavy atom. The number of anilines is 1. The first-order valence-electron chi connectivity index (χ1n) is 11.1. The van der Waals surface area contributed by atoms with E-state index in [1.807, 2.05) is 0 Å². The van der Waals surface area contributed by atoms with Crippen LogP contribution in [0.25, 0.3) is 10.8 Å². The first-order chi connectivity index (χ1) is 21.1. The summed E-state index contributed by atoms with van der Waals surface area (Å²) in [5, 5.41) is 48.4. The highest BCUT2D eigenvalue weighted by Gasteiger charge is 2.26. The van der Waals surface area contributed by atoms with Crippen molar-refractivity contribution in [2.24, 2.45) is 20.5 Å². The maximum absolute atomic E-state index is 12.6. The lowest BCUT2D eigenvalue weighted by Gasteiger charge is -2.14. The molecule has 0 saturated heterocycles. The Labute approximate surface area is 261 Å². The van der Waals surface area contributed by atoms with E-state index in [2.05, 4.69) is 43.4 Å². The number of phenolic OH excluding ortho intramolecular Hbond substituents is 1. The number of nitrogens with zero attached hydrogens (tertiary/aromatic N) is 4. The molecule has 26 heteroatoms. The fraction of sp³-hybridized carbons (Fsp3) is 0.158. The molecule has 0 saturated carbocycles. The molecule has 3 aromatic rings. The van der Waals surface area contributed by atoms with Gasteiger partial charge < -0.3 is 10.8 Å². The highest BCUT2D eigenvalue weighted by molar-refractivity contribution is 7.94. The molecule has 3 aromatic carbocycles. The van der Waals surface area contributed by atoms with Gasteiger partial charge in [0.1, 0.15) is 26.9 Å². The van der Waals surface area contributed by atoms with Gasteiger partial charge in [-0.05, 0) is 35.7 Å². The van der Waals surface area contributed by atoms with Crippen molar-refractivity contribution in [3.63, 3.8) is 0 Å². The number of fused-ring (bicyclic) bond motifs is 1. The van der Waals surface area contributed by atoms with Crippen LogP contribution in [0.1, 0.15) is 0 Å². The van der Waals surface area contributed by atoms with Crippen LogP contribution in [0.3, 0.4) is 0 Å². The van der Waals surface area contributed by atoms with Crippen LogP contribution in [0.15, 0.2) is 70.4 Å². The van der Waals surface area contributed by atoms with Gasteiger partial charge in [-0.3, -0.25) is 13.3 Å². The summed E-state index contributed by atoms with van der Waals surface area (Å²) in [6.07, 6.45) is 0. The van der Waals surface area contributed by atoms with Crippen molar-refractivity contribution in [1.29, 1.82) is 0 Å². The number of aromatic hydroxyl groups is 1. The summed E-state index contributed by atoms with van der Waals surface area (Å²) < 4.78 is 106. The van der Waals surface area contributed by atoms with Crippen molar-refractivity contribution in [1.82, 2.24) is 0 Å². The van der Waals surface area contributed by atoms with Crippen molar-refractivity contribution in [3.05, 3.63) is 30.3 Å². The molecule has 0 amide bonds. The average Bonchev–Trinajstić information content (AvgIpc) is 2.95. The van der Waals surface area contributed by atoms with Crippen molar-refractivity contribution in [2.45, 2.75) is 19.6 Å². The van der Waals surface area contributed by atoms with Crippen LogP contribution in [0.4, 0.5) is 22.7 Å². The van der Waals surface area contributed by atoms with Crippen molar-refractivity contribution in [3.8, 4) is 5.75 Å². The molecule has 0 heterocycles. The number of nitrogen functional groups attached to an aromatic ring is 1. The minimum absolute atomic E-state index is 0.111. The molecule has 21 nitrogen and oxygen atoms in total. The second-order valence-electron chi connectivity index (χ2n) is 7.96. The molecule has 0 radical (unpaired) electrons. The monoisotopic (exact) mass is 733 g/mol. The number of nitrogens with two attached hydrogens (primary N) is 1. The Morgan fingerprint density at radius 2 is 1.53 bits per heavy atom. The van der Waals surface area contributed by atoms with Crippen LogP contribution in [0.5, 0.6) is 5.75 Å². The Morgan fingerprint density at radius 3 is 2.13 bits per heavy atom. The lowest BCUT2D eigenvalue weighted by molar-refractivity contribution is -0.434. The summed E-state index contributed by atoms with van der Waals surface area (Å²) >= 11 is 0.351. The predicted molar refractivity (Wildman–Crippen MR) is 152 cm³/mol. The van der Waals surface area contributed by atoms with Crippen LogP contribution in [-0.4, -0.2) is 69.4 Å². The van der Waals surface area contributed by atoms with Gasteiger partial charge >= 0.3 is 0 Å². The molecule has 0 bridgehead atoms. The van der Waals surface area contributed by atoms with Crippen molar-refractivity contribution in [2.75, 3.05) is 25.1 Å². The summed E-state index contributed by atoms with van der Waals surface area (Å²) in [5.74, 6) is -1.58. The molecular formula is C19H19N5O16S5. The van der Waals surface area contributed by atoms with Crippen molar-refractivity contribution >= 4 is 88.0 Å². The second-order valence-corrected chi connectivity index (χ2v) is 14.1. The zero-order chi connectivity index (χ0) is 33.6. The summed E-state index contributed by atoms with van der Waals surface area (Å²) in [6.45, 7) is -0.500. The third-order valence-electron chi connectivity index (χ3n) is 5.31. The topological polar surface area (TPSA) is 325 Å². The fourth-order valence-corrected chi connectivity index (χ4v) is 6.85. The molecule has 0 spiro atoms. The molecule has 0 aliphatic rings. The zero-order valence-electron chi connectivity index (χ0n) is 21.9. The van der Waals surface area contributed by atoms with E-state index >= 15 is 0 Å². The summed E-state index contributed by atoms with van der Waals surface area (Å²) in [4.78, 5) is -2.62. The lowest BCUT2D eigenvalue weighted by Crippen LogP contribution is -2.12. The van der Waals surface area contributed by atoms with Gasteiger partial charge in [0.05, 0.1) is 45.3 Å². The molecule has 45 heavy (non-hydrogen) atoms. The number of sulfone groups is 1. The van der Waals surface area contributed by atoms with E-state index in [1.165, 1.54) is 0 Å². The van der Waals surface area contributed by atoms with E-state index in [1.54, 1.807) is 0 Å². The number of rotatable bonds is 15. The Hall–Kier alpha value is -3.09. The smallest absolute Gasteiger partial charge is 0.296 e. The number of phenols is 1. The number of hydrogen-bond acceptors (Lipinski definition) is 21. The zero-order valence-corrected chi connectivity index (χ0v) is 26.0. The first kappa shape index (κ1) is 36.4. The highest BCUT2D eigenvalue weighted by Crippen LogP contribution is 2.49. The van der Waals surface area contributed by atoms with E-state index in [-0.39, 0.29) is 40.0 Å². The van der Waals surface area contributed by atoms with Gasteiger partial charge in [-0.25, -0.2) is 18.9 Å². The Bertz CT molecular complexity index is 1970. The van der Waals surface area contributed by atoms with E-state index in [0.29, 0.717) is 6.07 Å². The summed E-state index contributed by atoms with van der Waals surface area (Å²) in [5.41, 5.74) is 4.06. The molecule has 0 aliphatic carbocycles. The van der Waals surface area contributed by atoms with Gasteiger partial charge in [0.15, 0.2) is 27.9 Å². The van der Waals surface area contributed by atoms with E-state index < -0.39 is 85.6 Å². The van der Waals surface area contributed by atoms with E-state index in [4.69, 9.17) is 16.2 Å². The van der Waals surface area contributed by atoms with Gasteiger partial charge in [0, 0.05) is 7.05 Å². The molecule has 0 fully saturated rings. The highest BCUT2D eigenvalue weighted by atomic mass is 32.2. The number of azo groups is 2. The van der Waals surface area contributed by atoms with E-state index in [0.717, 1.165) is 31.3 Å². The van der Waals surface area contributed by atoms with Crippen LogP contribution < -0.4 is 5.73 Å². The Kier molecular flexibility index (Phi) is 12.1. The van der Waals surface area contributed by atoms with Gasteiger partial charge in [0.25, 0.3) is 20.2 Å². The third kappa shape index (κ3) is 8.80. The number of benzene rings is 3. The molecular weight excluding hydrogens is 715 g/mol. The Balaban J connectivity index is 2.20. The molecule has 7 N–H and O–H groups in total.